The molecule has 1 aromatic carbocycles. The molecule has 5 heteroatoms. The maximum Gasteiger partial charge on any atom is 0.226 e. The van der Waals surface area contributed by atoms with Gasteiger partial charge in [0.2, 0.25) is 11.8 Å². The lowest BCUT2D eigenvalue weighted by molar-refractivity contribution is -0.138. The summed E-state index contributed by atoms with van der Waals surface area (Å²) in [6.45, 7) is 2.41. The van der Waals surface area contributed by atoms with E-state index in [9.17, 15) is 9.59 Å². The standard InChI is InChI=1S/C22H27N3O2/c26-21-5-1-2-14-25(21)20-10-15-24(16-11-20)22(27)17-18-6-8-19(9-7-18)23-12-3-4-13-23/h3-4,6-9,12-13,20H,1-2,5,10-11,14-17H2. The molecule has 5 nitrogen and oxygen atoms in total. The monoisotopic (exact) mass is 365 g/mol. The summed E-state index contributed by atoms with van der Waals surface area (Å²) in [5, 5.41) is 0. The van der Waals surface area contributed by atoms with Crippen LogP contribution in [0.15, 0.2) is 48.8 Å². The third-order valence-electron chi connectivity index (χ3n) is 5.81. The first-order chi connectivity index (χ1) is 13.2. The number of piperidine rings is 2. The molecule has 1 aromatic heterocycles. The Morgan fingerprint density at radius 3 is 2.33 bits per heavy atom. The Labute approximate surface area is 160 Å². The zero-order valence-corrected chi connectivity index (χ0v) is 15.7. The molecule has 2 fully saturated rings. The highest BCUT2D eigenvalue weighted by Crippen LogP contribution is 2.22. The largest absolute Gasteiger partial charge is 0.342 e. The number of likely N-dealkylation sites (tertiary alicyclic amines) is 2. The summed E-state index contributed by atoms with van der Waals surface area (Å²) in [5.74, 6) is 0.487. The quantitative estimate of drug-likeness (QED) is 0.836. The lowest BCUT2D eigenvalue weighted by atomic mass is 9.99. The molecule has 0 radical (unpaired) electrons. The third kappa shape index (κ3) is 4.07. The maximum atomic E-state index is 12.7. The summed E-state index contributed by atoms with van der Waals surface area (Å²) < 4.78 is 2.05. The number of carbonyl (C=O) groups excluding carboxylic acids is 2. The van der Waals surface area contributed by atoms with Crippen LogP contribution in [-0.4, -0.2) is 51.9 Å². The van der Waals surface area contributed by atoms with Crippen molar-refractivity contribution in [1.29, 1.82) is 0 Å². The number of rotatable bonds is 4. The Hall–Kier alpha value is -2.56. The molecule has 4 rings (SSSR count). The number of hydrogen-bond acceptors (Lipinski definition) is 2. The van der Waals surface area contributed by atoms with Crippen LogP contribution < -0.4 is 0 Å². The molecule has 0 spiro atoms. The summed E-state index contributed by atoms with van der Waals surface area (Å²) in [6, 6.07) is 12.5. The predicted octanol–water partition coefficient (Wildman–Crippen LogP) is 3.02. The Kier molecular flexibility index (Phi) is 5.28. The zero-order chi connectivity index (χ0) is 18.6. The first-order valence-corrected chi connectivity index (χ1v) is 10.0. The van der Waals surface area contributed by atoms with E-state index in [1.165, 1.54) is 0 Å². The molecule has 0 N–H and O–H groups in total. The third-order valence-corrected chi connectivity index (χ3v) is 5.81. The van der Waals surface area contributed by atoms with Gasteiger partial charge in [-0.1, -0.05) is 12.1 Å². The van der Waals surface area contributed by atoms with E-state index >= 15 is 0 Å². The molecule has 2 aliphatic heterocycles. The van der Waals surface area contributed by atoms with Gasteiger partial charge < -0.3 is 14.4 Å². The second-order valence-electron chi connectivity index (χ2n) is 7.59. The van der Waals surface area contributed by atoms with Crippen molar-refractivity contribution in [2.75, 3.05) is 19.6 Å². The predicted molar refractivity (Wildman–Crippen MR) is 105 cm³/mol. The number of amides is 2. The Morgan fingerprint density at radius 2 is 1.67 bits per heavy atom. The molecular formula is C22H27N3O2. The topological polar surface area (TPSA) is 45.6 Å². The van der Waals surface area contributed by atoms with Crippen molar-refractivity contribution in [1.82, 2.24) is 14.4 Å². The summed E-state index contributed by atoms with van der Waals surface area (Å²) in [6.07, 6.45) is 9.11. The van der Waals surface area contributed by atoms with Crippen molar-refractivity contribution in [2.45, 2.75) is 44.6 Å². The van der Waals surface area contributed by atoms with Crippen LogP contribution in [0.2, 0.25) is 0 Å². The van der Waals surface area contributed by atoms with Gasteiger partial charge >= 0.3 is 0 Å². The van der Waals surface area contributed by atoms with Crippen LogP contribution in [-0.2, 0) is 16.0 Å². The van der Waals surface area contributed by atoms with E-state index in [0.29, 0.717) is 24.8 Å². The van der Waals surface area contributed by atoms with Gasteiger partial charge in [0, 0.05) is 50.2 Å². The number of nitrogens with zero attached hydrogens (tertiary/aromatic N) is 3. The van der Waals surface area contributed by atoms with Crippen molar-refractivity contribution >= 4 is 11.8 Å². The number of hydrogen-bond donors (Lipinski definition) is 0. The second kappa shape index (κ2) is 7.99. The van der Waals surface area contributed by atoms with Gasteiger partial charge in [-0.25, -0.2) is 0 Å². The number of carbonyl (C=O) groups is 2. The van der Waals surface area contributed by atoms with E-state index < -0.39 is 0 Å². The van der Waals surface area contributed by atoms with Gasteiger partial charge in [0.25, 0.3) is 0 Å². The molecule has 142 valence electrons. The molecule has 2 amide bonds. The van der Waals surface area contributed by atoms with Gasteiger partial charge in [0.15, 0.2) is 0 Å². The average Bonchev–Trinajstić information content (AvgIpc) is 3.24. The highest BCUT2D eigenvalue weighted by Gasteiger charge is 2.30. The highest BCUT2D eigenvalue weighted by molar-refractivity contribution is 5.79. The Morgan fingerprint density at radius 1 is 0.963 bits per heavy atom. The molecular weight excluding hydrogens is 338 g/mol. The van der Waals surface area contributed by atoms with E-state index in [-0.39, 0.29) is 5.91 Å². The van der Waals surface area contributed by atoms with Crippen LogP contribution >= 0.6 is 0 Å². The maximum absolute atomic E-state index is 12.7. The minimum atomic E-state index is 0.187. The zero-order valence-electron chi connectivity index (χ0n) is 15.7. The first kappa shape index (κ1) is 17.8. The molecule has 2 aromatic rings. The summed E-state index contributed by atoms with van der Waals surface area (Å²) >= 11 is 0. The van der Waals surface area contributed by atoms with Gasteiger partial charge in [-0.15, -0.1) is 0 Å². The molecule has 2 aliphatic rings. The normalized spacial score (nSPS) is 18.7. The summed E-state index contributed by atoms with van der Waals surface area (Å²) in [7, 11) is 0. The Bertz CT molecular complexity index is 774. The molecule has 27 heavy (non-hydrogen) atoms. The molecule has 0 saturated carbocycles. The van der Waals surface area contributed by atoms with Gasteiger partial charge in [-0.2, -0.15) is 0 Å². The van der Waals surface area contributed by atoms with E-state index in [1.54, 1.807) is 0 Å². The lowest BCUT2D eigenvalue weighted by Crippen LogP contribution is -2.50. The van der Waals surface area contributed by atoms with Gasteiger partial charge in [-0.05, 0) is 55.5 Å². The van der Waals surface area contributed by atoms with Crippen molar-refractivity contribution in [3.8, 4) is 5.69 Å². The molecule has 0 aliphatic carbocycles. The fourth-order valence-corrected chi connectivity index (χ4v) is 4.22. The van der Waals surface area contributed by atoms with Gasteiger partial charge in [0.05, 0.1) is 6.42 Å². The smallest absolute Gasteiger partial charge is 0.226 e. The van der Waals surface area contributed by atoms with E-state index in [4.69, 9.17) is 0 Å². The van der Waals surface area contributed by atoms with Crippen molar-refractivity contribution in [3.05, 3.63) is 54.4 Å². The van der Waals surface area contributed by atoms with Crippen molar-refractivity contribution in [3.63, 3.8) is 0 Å². The van der Waals surface area contributed by atoms with E-state index in [1.807, 2.05) is 41.6 Å². The summed E-state index contributed by atoms with van der Waals surface area (Å²) in [5.41, 5.74) is 2.15. The fraction of sp³-hybridized carbons (Fsp3) is 0.455. The van der Waals surface area contributed by atoms with Gasteiger partial charge in [-0.3, -0.25) is 9.59 Å². The van der Waals surface area contributed by atoms with E-state index in [0.717, 1.165) is 56.6 Å². The SMILES string of the molecule is O=C(Cc1ccc(-n2cccc2)cc1)N1CCC(N2CCCCC2=O)CC1. The highest BCUT2D eigenvalue weighted by atomic mass is 16.2. The minimum Gasteiger partial charge on any atom is -0.342 e. The Balaban J connectivity index is 1.30. The lowest BCUT2D eigenvalue weighted by Gasteiger charge is -2.40. The van der Waals surface area contributed by atoms with Crippen molar-refractivity contribution < 1.29 is 9.59 Å². The fourth-order valence-electron chi connectivity index (χ4n) is 4.22. The van der Waals surface area contributed by atoms with Crippen molar-refractivity contribution in [2.24, 2.45) is 0 Å². The first-order valence-electron chi connectivity index (χ1n) is 10.0. The van der Waals surface area contributed by atoms with Crippen LogP contribution in [0, 0.1) is 0 Å². The number of benzene rings is 1. The van der Waals surface area contributed by atoms with E-state index in [2.05, 4.69) is 21.6 Å². The second-order valence-corrected chi connectivity index (χ2v) is 7.59. The van der Waals surface area contributed by atoms with Crippen LogP contribution in [0.25, 0.3) is 5.69 Å². The molecule has 0 unspecified atom stereocenters. The number of aromatic nitrogens is 1. The van der Waals surface area contributed by atoms with Crippen LogP contribution in [0.4, 0.5) is 0 Å². The van der Waals surface area contributed by atoms with Gasteiger partial charge in [0.1, 0.15) is 0 Å². The molecule has 3 heterocycles. The van der Waals surface area contributed by atoms with Crippen LogP contribution in [0.5, 0.6) is 0 Å². The van der Waals surface area contributed by atoms with Crippen LogP contribution in [0.1, 0.15) is 37.7 Å². The molecule has 0 bridgehead atoms. The molecule has 0 atom stereocenters. The molecule has 2 saturated heterocycles. The minimum absolute atomic E-state index is 0.187. The average molecular weight is 365 g/mol. The van der Waals surface area contributed by atoms with Crippen LogP contribution in [0.3, 0.4) is 0 Å². The summed E-state index contributed by atoms with van der Waals surface area (Å²) in [4.78, 5) is 28.8.